The quantitative estimate of drug-likeness (QED) is 0.792. The molecule has 0 spiro atoms. The molecule has 0 saturated heterocycles. The maximum Gasteiger partial charge on any atom is 0.338 e. The second-order valence-electron chi connectivity index (χ2n) is 3.69. The SMILES string of the molecule is COC(=O)c1cccc2cc(O)cc(C(=O)O)c12. The Morgan fingerprint density at radius 1 is 1.17 bits per heavy atom. The van der Waals surface area contributed by atoms with E-state index in [0.29, 0.717) is 5.39 Å². The summed E-state index contributed by atoms with van der Waals surface area (Å²) < 4.78 is 4.61. The van der Waals surface area contributed by atoms with Crippen LogP contribution < -0.4 is 0 Å². The Morgan fingerprint density at radius 2 is 1.89 bits per heavy atom. The number of carbonyl (C=O) groups is 2. The molecule has 0 bridgehead atoms. The normalized spacial score (nSPS) is 10.3. The van der Waals surface area contributed by atoms with E-state index in [4.69, 9.17) is 5.11 Å². The van der Waals surface area contributed by atoms with Crippen molar-refractivity contribution >= 4 is 22.7 Å². The van der Waals surface area contributed by atoms with Crippen molar-refractivity contribution in [1.29, 1.82) is 0 Å². The number of carboxylic acid groups (broad SMARTS) is 1. The molecule has 0 amide bonds. The summed E-state index contributed by atoms with van der Waals surface area (Å²) in [4.78, 5) is 22.8. The van der Waals surface area contributed by atoms with Crippen LogP contribution in [0.3, 0.4) is 0 Å². The Balaban J connectivity index is 2.89. The molecule has 0 aliphatic heterocycles. The Kier molecular flexibility index (Phi) is 2.89. The molecule has 5 heteroatoms. The van der Waals surface area contributed by atoms with Crippen LogP contribution >= 0.6 is 0 Å². The van der Waals surface area contributed by atoms with E-state index in [0.717, 1.165) is 6.07 Å². The molecule has 0 aliphatic rings. The number of methoxy groups -OCH3 is 1. The van der Waals surface area contributed by atoms with Crippen LogP contribution in [0.5, 0.6) is 5.75 Å². The van der Waals surface area contributed by atoms with Gasteiger partial charge in [-0.15, -0.1) is 0 Å². The predicted molar refractivity (Wildman–Crippen MR) is 63.9 cm³/mol. The number of esters is 1. The lowest BCUT2D eigenvalue weighted by atomic mass is 9.99. The fraction of sp³-hybridized carbons (Fsp3) is 0.0769. The third-order valence-corrected chi connectivity index (χ3v) is 2.60. The van der Waals surface area contributed by atoms with E-state index < -0.39 is 11.9 Å². The number of aromatic hydroxyl groups is 1. The van der Waals surface area contributed by atoms with Gasteiger partial charge < -0.3 is 14.9 Å². The number of benzene rings is 2. The van der Waals surface area contributed by atoms with Crippen molar-refractivity contribution in [2.24, 2.45) is 0 Å². The molecule has 0 heterocycles. The van der Waals surface area contributed by atoms with E-state index in [1.165, 1.54) is 19.2 Å². The third-order valence-electron chi connectivity index (χ3n) is 2.60. The first-order valence-electron chi connectivity index (χ1n) is 5.12. The zero-order valence-corrected chi connectivity index (χ0v) is 9.51. The topological polar surface area (TPSA) is 83.8 Å². The Hall–Kier alpha value is -2.56. The van der Waals surface area contributed by atoms with Gasteiger partial charge in [-0.2, -0.15) is 0 Å². The highest BCUT2D eigenvalue weighted by molar-refractivity contribution is 6.13. The summed E-state index contributed by atoms with van der Waals surface area (Å²) in [5.41, 5.74) is 0.0263. The molecule has 0 saturated carbocycles. The molecule has 2 N–H and O–H groups in total. The lowest BCUT2D eigenvalue weighted by Gasteiger charge is -2.08. The van der Waals surface area contributed by atoms with Crippen LogP contribution in [-0.2, 0) is 4.74 Å². The molecule has 2 rings (SSSR count). The van der Waals surface area contributed by atoms with Crippen molar-refractivity contribution in [2.75, 3.05) is 7.11 Å². The number of carboxylic acids is 1. The number of hydrogen-bond donors (Lipinski definition) is 2. The average molecular weight is 246 g/mol. The Labute approximate surface area is 102 Å². The van der Waals surface area contributed by atoms with Crippen molar-refractivity contribution in [3.63, 3.8) is 0 Å². The van der Waals surface area contributed by atoms with Gasteiger partial charge in [0.1, 0.15) is 5.75 Å². The van der Waals surface area contributed by atoms with Gasteiger partial charge >= 0.3 is 11.9 Å². The van der Waals surface area contributed by atoms with Gasteiger partial charge in [-0.1, -0.05) is 12.1 Å². The van der Waals surface area contributed by atoms with Crippen molar-refractivity contribution in [3.05, 3.63) is 41.5 Å². The van der Waals surface area contributed by atoms with Crippen LogP contribution in [-0.4, -0.2) is 29.3 Å². The maximum absolute atomic E-state index is 11.6. The predicted octanol–water partition coefficient (Wildman–Crippen LogP) is 2.03. The largest absolute Gasteiger partial charge is 0.508 e. The van der Waals surface area contributed by atoms with Crippen LogP contribution in [0.25, 0.3) is 10.8 Å². The number of phenolic OH excluding ortho intramolecular Hbond substituents is 1. The van der Waals surface area contributed by atoms with Gasteiger partial charge in [0.25, 0.3) is 0 Å². The van der Waals surface area contributed by atoms with Gasteiger partial charge in [-0.3, -0.25) is 0 Å². The lowest BCUT2D eigenvalue weighted by molar-refractivity contribution is 0.0603. The number of carbonyl (C=O) groups excluding carboxylic acids is 1. The standard InChI is InChI=1S/C13H10O5/c1-18-13(17)9-4-2-3-7-5-8(14)6-10(11(7)9)12(15)16/h2-6,14H,1H3,(H,15,16). The van der Waals surface area contributed by atoms with Gasteiger partial charge in [-0.05, 0) is 23.6 Å². The van der Waals surface area contributed by atoms with Crippen molar-refractivity contribution < 1.29 is 24.5 Å². The molecular formula is C13H10O5. The highest BCUT2D eigenvalue weighted by atomic mass is 16.5. The summed E-state index contributed by atoms with van der Waals surface area (Å²) in [5, 5.41) is 19.3. The van der Waals surface area contributed by atoms with Crippen LogP contribution in [0, 0.1) is 0 Å². The maximum atomic E-state index is 11.6. The Morgan fingerprint density at radius 3 is 2.50 bits per heavy atom. The van der Waals surface area contributed by atoms with Gasteiger partial charge in [0.15, 0.2) is 0 Å². The van der Waals surface area contributed by atoms with E-state index in [1.807, 2.05) is 0 Å². The summed E-state index contributed by atoms with van der Waals surface area (Å²) in [5.74, 6) is -2.00. The second kappa shape index (κ2) is 4.37. The first kappa shape index (κ1) is 11.9. The van der Waals surface area contributed by atoms with Gasteiger partial charge in [-0.25, -0.2) is 9.59 Å². The lowest BCUT2D eigenvalue weighted by Crippen LogP contribution is -2.06. The van der Waals surface area contributed by atoms with Crippen LogP contribution in [0.1, 0.15) is 20.7 Å². The van der Waals surface area contributed by atoms with Gasteiger partial charge in [0.2, 0.25) is 0 Å². The summed E-state index contributed by atoms with van der Waals surface area (Å²) in [6, 6.07) is 7.20. The monoisotopic (exact) mass is 246 g/mol. The van der Waals surface area contributed by atoms with E-state index in [-0.39, 0.29) is 22.3 Å². The number of ether oxygens (including phenoxy) is 1. The molecule has 18 heavy (non-hydrogen) atoms. The number of aromatic carboxylic acids is 1. The molecular weight excluding hydrogens is 236 g/mol. The average Bonchev–Trinajstić information content (AvgIpc) is 2.35. The first-order valence-corrected chi connectivity index (χ1v) is 5.12. The molecule has 0 radical (unpaired) electrons. The first-order chi connectivity index (χ1) is 8.54. The summed E-state index contributed by atoms with van der Waals surface area (Å²) >= 11 is 0. The molecule has 2 aromatic carbocycles. The molecule has 0 unspecified atom stereocenters. The van der Waals surface area contributed by atoms with E-state index in [1.54, 1.807) is 12.1 Å². The molecule has 5 nitrogen and oxygen atoms in total. The zero-order chi connectivity index (χ0) is 13.3. The minimum atomic E-state index is -1.22. The van der Waals surface area contributed by atoms with E-state index >= 15 is 0 Å². The fourth-order valence-corrected chi connectivity index (χ4v) is 1.86. The molecule has 0 aliphatic carbocycles. The van der Waals surface area contributed by atoms with E-state index in [2.05, 4.69) is 4.74 Å². The minimum absolute atomic E-state index is 0.133. The number of rotatable bonds is 2. The molecule has 92 valence electrons. The van der Waals surface area contributed by atoms with Gasteiger partial charge in [0.05, 0.1) is 18.2 Å². The number of phenols is 1. The molecule has 0 fully saturated rings. The number of hydrogen-bond acceptors (Lipinski definition) is 4. The van der Waals surface area contributed by atoms with Gasteiger partial charge in [0, 0.05) is 5.39 Å². The van der Waals surface area contributed by atoms with Crippen molar-refractivity contribution in [2.45, 2.75) is 0 Å². The van der Waals surface area contributed by atoms with E-state index in [9.17, 15) is 14.7 Å². The highest BCUT2D eigenvalue weighted by Gasteiger charge is 2.17. The van der Waals surface area contributed by atoms with Crippen LogP contribution in [0.15, 0.2) is 30.3 Å². The minimum Gasteiger partial charge on any atom is -0.508 e. The zero-order valence-electron chi connectivity index (χ0n) is 9.51. The molecule has 0 aromatic heterocycles. The summed E-state index contributed by atoms with van der Waals surface area (Å²) in [6.07, 6.45) is 0. The summed E-state index contributed by atoms with van der Waals surface area (Å²) in [7, 11) is 1.22. The van der Waals surface area contributed by atoms with Crippen molar-refractivity contribution in [1.82, 2.24) is 0 Å². The second-order valence-corrected chi connectivity index (χ2v) is 3.69. The van der Waals surface area contributed by atoms with Crippen molar-refractivity contribution in [3.8, 4) is 5.75 Å². The number of fused-ring (bicyclic) bond motifs is 1. The fourth-order valence-electron chi connectivity index (χ4n) is 1.86. The highest BCUT2D eigenvalue weighted by Crippen LogP contribution is 2.28. The molecule has 2 aromatic rings. The Bertz CT molecular complexity index is 645. The van der Waals surface area contributed by atoms with Crippen LogP contribution in [0.4, 0.5) is 0 Å². The van der Waals surface area contributed by atoms with Crippen LogP contribution in [0.2, 0.25) is 0 Å². The molecule has 0 atom stereocenters. The third kappa shape index (κ3) is 1.86. The summed E-state index contributed by atoms with van der Waals surface area (Å²) in [6.45, 7) is 0. The smallest absolute Gasteiger partial charge is 0.338 e.